The van der Waals surface area contributed by atoms with E-state index in [0.717, 1.165) is 133 Å². The quantitative estimate of drug-likeness (QED) is 0.120. The molecule has 0 N–H and O–H groups in total. The normalized spacial score (nSPS) is 11.8. The van der Waals surface area contributed by atoms with Crippen LogP contribution in [-0.4, -0.2) is 39.0 Å². The Labute approximate surface area is 612 Å². The first-order valence-electron chi connectivity index (χ1n) is 35.5. The Morgan fingerprint density at radius 1 is 0.217 bits per heavy atom. The van der Waals surface area contributed by atoms with Crippen LogP contribution in [0.25, 0.3) is 210 Å². The van der Waals surface area contributed by atoms with Gasteiger partial charge in [0.05, 0.1) is 22.1 Å². The number of thiophene rings is 1. The molecule has 0 aliphatic rings. The maximum atomic E-state index is 7.03. The third-order valence-corrected chi connectivity index (χ3v) is 21.8. The monoisotopic (exact) mass is 1370 g/mol. The molecule has 0 bridgehead atoms. The van der Waals surface area contributed by atoms with E-state index in [2.05, 4.69) is 282 Å². The zero-order chi connectivity index (χ0) is 69.8. The third kappa shape index (κ3) is 10.3. The van der Waals surface area contributed by atoms with Gasteiger partial charge in [0.15, 0.2) is 34.9 Å². The average molecular weight is 1370 g/mol. The van der Waals surface area contributed by atoms with Crippen LogP contribution in [0.5, 0.6) is 0 Å². The number of hydrogen-bond donors (Lipinski definition) is 0. The van der Waals surface area contributed by atoms with E-state index in [1.165, 1.54) is 42.1 Å². The lowest BCUT2D eigenvalue weighted by Gasteiger charge is -2.11. The summed E-state index contributed by atoms with van der Waals surface area (Å²) in [6.07, 6.45) is 0. The molecule has 0 spiro atoms. The zero-order valence-electron chi connectivity index (χ0n) is 56.9. The third-order valence-electron chi connectivity index (χ3n) is 20.6. The molecule has 0 saturated carbocycles. The molecule has 0 atom stereocenters. The molecule has 6 aromatic heterocycles. The Hall–Kier alpha value is -14.1. The summed E-state index contributed by atoms with van der Waals surface area (Å²) in [5.41, 5.74) is 22.2. The highest BCUT2D eigenvalue weighted by Crippen LogP contribution is 2.46. The Balaban J connectivity index is 0.639. The van der Waals surface area contributed by atoms with Gasteiger partial charge in [-0.15, -0.1) is 11.3 Å². The van der Waals surface area contributed by atoms with Gasteiger partial charge < -0.3 is 13.6 Å². The Bertz CT molecular complexity index is 6990. The van der Waals surface area contributed by atoms with Crippen molar-refractivity contribution in [3.05, 3.63) is 352 Å². The minimum Gasteiger partial charge on any atom is -0.455 e. The molecule has 21 rings (SSSR count). The maximum absolute atomic E-state index is 7.03. The van der Waals surface area contributed by atoms with Gasteiger partial charge in [0, 0.05) is 103 Å². The van der Waals surface area contributed by atoms with Gasteiger partial charge in [-0.3, -0.25) is 0 Å². The summed E-state index contributed by atoms with van der Waals surface area (Å²) in [6, 6.07) is 124. The van der Waals surface area contributed by atoms with Crippen molar-refractivity contribution in [1.82, 2.24) is 39.0 Å². The van der Waals surface area contributed by atoms with E-state index < -0.39 is 0 Å². The standard InChI is InChI=1S/C96H58N8OS/c1-6-22-60(23-7-1)91-97-94(100-95(99-91)69-29-18-28-68(54-69)72-35-20-39-83-88(72)79-56-64(47-51-81(79)103(83)70-30-12-4-13-31-70)66-49-53-87-78(55-66)75-34-16-17-41-86(75)106-87)63-44-42-59(43-45-63)73-36-19-37-76-74-50-46-67(58-85(74)105-90(73)76)65-48-52-82-80(57-65)89-77(38-21-40-84(89)104(82)71-32-14-5-15-33-71)96-101-92(61-24-8-2-9-25-61)98-93(102-96)62-26-10-3-11-27-62/h1-58H. The van der Waals surface area contributed by atoms with Gasteiger partial charge in [0.1, 0.15) is 11.2 Å². The highest BCUT2D eigenvalue weighted by molar-refractivity contribution is 7.25. The molecule has 0 saturated heterocycles. The van der Waals surface area contributed by atoms with E-state index in [-0.39, 0.29) is 0 Å². The predicted molar refractivity (Wildman–Crippen MR) is 436 cm³/mol. The number of para-hydroxylation sites is 3. The highest BCUT2D eigenvalue weighted by atomic mass is 32.1. The molecule has 0 amide bonds. The summed E-state index contributed by atoms with van der Waals surface area (Å²) < 4.78 is 14.4. The highest BCUT2D eigenvalue weighted by Gasteiger charge is 2.24. The van der Waals surface area contributed by atoms with Crippen LogP contribution in [0, 0.1) is 0 Å². The van der Waals surface area contributed by atoms with Gasteiger partial charge in [-0.05, 0) is 136 Å². The van der Waals surface area contributed by atoms with Crippen LogP contribution in [-0.2, 0) is 0 Å². The van der Waals surface area contributed by atoms with E-state index in [1.54, 1.807) is 0 Å². The molecule has 15 aromatic carbocycles. The van der Waals surface area contributed by atoms with Crippen LogP contribution in [0.4, 0.5) is 0 Å². The second kappa shape index (κ2) is 24.9. The molecule has 106 heavy (non-hydrogen) atoms. The van der Waals surface area contributed by atoms with Crippen molar-refractivity contribution in [3.8, 4) is 124 Å². The molecule has 0 aliphatic heterocycles. The van der Waals surface area contributed by atoms with Gasteiger partial charge in [-0.1, -0.05) is 255 Å². The number of benzene rings is 15. The minimum absolute atomic E-state index is 0.573. The summed E-state index contributed by atoms with van der Waals surface area (Å²) in [5.74, 6) is 3.57. The van der Waals surface area contributed by atoms with Crippen LogP contribution >= 0.6 is 11.3 Å². The van der Waals surface area contributed by atoms with Crippen molar-refractivity contribution in [1.29, 1.82) is 0 Å². The predicted octanol–water partition coefficient (Wildman–Crippen LogP) is 25.2. The first-order valence-corrected chi connectivity index (χ1v) is 36.4. The summed E-state index contributed by atoms with van der Waals surface area (Å²) in [6.45, 7) is 0. The van der Waals surface area contributed by atoms with Gasteiger partial charge in [-0.2, -0.15) is 0 Å². The Morgan fingerprint density at radius 2 is 0.613 bits per heavy atom. The van der Waals surface area contributed by atoms with Crippen molar-refractivity contribution in [2.75, 3.05) is 0 Å². The molecule has 10 heteroatoms. The Kier molecular flexibility index (Phi) is 14.2. The topological polar surface area (TPSA) is 100 Å². The number of hydrogen-bond acceptors (Lipinski definition) is 8. The molecule has 6 heterocycles. The van der Waals surface area contributed by atoms with E-state index in [0.29, 0.717) is 34.9 Å². The van der Waals surface area contributed by atoms with Crippen LogP contribution in [0.1, 0.15) is 0 Å². The van der Waals surface area contributed by atoms with Gasteiger partial charge in [0.2, 0.25) is 0 Å². The smallest absolute Gasteiger partial charge is 0.164 e. The molecular weight excluding hydrogens is 1310 g/mol. The maximum Gasteiger partial charge on any atom is 0.164 e. The first-order chi connectivity index (χ1) is 52.5. The molecule has 9 nitrogen and oxygen atoms in total. The van der Waals surface area contributed by atoms with E-state index in [9.17, 15) is 0 Å². The zero-order valence-corrected chi connectivity index (χ0v) is 57.7. The number of nitrogens with zero attached hydrogens (tertiary/aromatic N) is 8. The van der Waals surface area contributed by atoms with Crippen molar-refractivity contribution in [2.45, 2.75) is 0 Å². The fourth-order valence-electron chi connectivity index (χ4n) is 15.7. The lowest BCUT2D eigenvalue weighted by molar-refractivity contribution is 0.670. The molecule has 21 aromatic rings. The fourth-order valence-corrected chi connectivity index (χ4v) is 16.7. The van der Waals surface area contributed by atoms with Gasteiger partial charge in [0.25, 0.3) is 0 Å². The number of furan rings is 1. The van der Waals surface area contributed by atoms with Gasteiger partial charge in [-0.25, -0.2) is 29.9 Å². The number of aromatic nitrogens is 8. The molecule has 0 radical (unpaired) electrons. The molecule has 494 valence electrons. The molecular formula is C96H58N8OS. The van der Waals surface area contributed by atoms with Crippen molar-refractivity contribution in [3.63, 3.8) is 0 Å². The van der Waals surface area contributed by atoms with Crippen molar-refractivity contribution in [2.24, 2.45) is 0 Å². The summed E-state index contributed by atoms with van der Waals surface area (Å²) in [7, 11) is 0. The van der Waals surface area contributed by atoms with Crippen LogP contribution < -0.4 is 0 Å². The lowest BCUT2D eigenvalue weighted by Crippen LogP contribution is -2.00. The second-order valence-electron chi connectivity index (χ2n) is 26.9. The van der Waals surface area contributed by atoms with E-state index >= 15 is 0 Å². The first kappa shape index (κ1) is 60.7. The van der Waals surface area contributed by atoms with Crippen LogP contribution in [0.3, 0.4) is 0 Å². The summed E-state index contributed by atoms with van der Waals surface area (Å²) >= 11 is 1.85. The summed E-state index contributed by atoms with van der Waals surface area (Å²) in [4.78, 5) is 31.3. The largest absolute Gasteiger partial charge is 0.455 e. The van der Waals surface area contributed by atoms with Crippen LogP contribution in [0.15, 0.2) is 356 Å². The van der Waals surface area contributed by atoms with Crippen molar-refractivity contribution >= 4 is 97.1 Å². The Morgan fingerprint density at radius 3 is 1.21 bits per heavy atom. The second-order valence-corrected chi connectivity index (χ2v) is 28.0. The molecule has 0 fully saturated rings. The van der Waals surface area contributed by atoms with Crippen molar-refractivity contribution < 1.29 is 4.42 Å². The lowest BCUT2D eigenvalue weighted by atomic mass is 9.96. The molecule has 0 unspecified atom stereocenters. The average Bonchev–Trinajstić information content (AvgIpc) is 1.58. The van der Waals surface area contributed by atoms with Crippen LogP contribution in [0.2, 0.25) is 0 Å². The summed E-state index contributed by atoms with van der Waals surface area (Å²) in [5, 5.41) is 9.13. The molecule has 0 aliphatic carbocycles. The van der Waals surface area contributed by atoms with Gasteiger partial charge >= 0.3 is 0 Å². The number of rotatable bonds is 12. The van der Waals surface area contributed by atoms with E-state index in [1.807, 2.05) is 90.2 Å². The van der Waals surface area contributed by atoms with E-state index in [4.69, 9.17) is 34.3 Å². The SMILES string of the molecule is c1ccc(-c2nc(-c3ccc(-c4cccc5c4oc4cc(-c6ccc7c(c6)c6c(-c8nc(-c9ccccc9)nc(-c9ccccc9)n8)cccc6n7-c6ccccc6)ccc45)cc3)nc(-c3cccc(-c4cccc5c4c4cc(-c6ccc7sc8ccccc8c7c6)ccc4n5-c4ccccc4)c3)n2)cc1. The fraction of sp³-hybridized carbons (Fsp3) is 0. The minimum atomic E-state index is 0.573. The number of fused-ring (bicyclic) bond motifs is 12.